The van der Waals surface area contributed by atoms with Crippen molar-refractivity contribution in [3.05, 3.63) is 198 Å². The van der Waals surface area contributed by atoms with Crippen molar-refractivity contribution in [1.29, 1.82) is 0 Å². The lowest BCUT2D eigenvalue weighted by Gasteiger charge is -2.24. The van der Waals surface area contributed by atoms with Gasteiger partial charge in [-0.05, 0) is 88.5 Å². The van der Waals surface area contributed by atoms with Crippen molar-refractivity contribution in [3.63, 3.8) is 0 Å². The first kappa shape index (κ1) is 33.7. The molecular weight excluding hydrogens is 751 g/mol. The van der Waals surface area contributed by atoms with E-state index < -0.39 is 0 Å². The molecule has 0 amide bonds. The number of benzene rings is 8. The molecular formula is C54H37N5S. The molecule has 284 valence electrons. The quantitative estimate of drug-likeness (QED) is 0.190. The van der Waals surface area contributed by atoms with Crippen molar-refractivity contribution < 1.29 is 0 Å². The number of amidine groups is 1. The van der Waals surface area contributed by atoms with Gasteiger partial charge in [-0.1, -0.05) is 129 Å². The summed E-state index contributed by atoms with van der Waals surface area (Å²) in [6.45, 7) is 4.71. The molecule has 11 aromatic rings. The maximum atomic E-state index is 5.47. The third-order valence-corrected chi connectivity index (χ3v) is 14.2. The molecule has 0 saturated carbocycles. The van der Waals surface area contributed by atoms with Crippen molar-refractivity contribution in [1.82, 2.24) is 14.5 Å². The molecule has 1 aliphatic heterocycles. The SMILES string of the molecule is CC1(C)c2ccccc2-c2cc3c4cc(C5=NC(c6ccccc6)NC(n6c7ccccc7c7c8sc9ccccc9c8ccc76)=N5)ccc4n(-c4ccccc4)c3cc21. The summed E-state index contributed by atoms with van der Waals surface area (Å²) < 4.78 is 7.32. The number of hydrogen-bond donors (Lipinski definition) is 1. The molecule has 3 aromatic heterocycles. The van der Waals surface area contributed by atoms with E-state index in [2.05, 4.69) is 204 Å². The van der Waals surface area contributed by atoms with Crippen LogP contribution in [0.25, 0.3) is 80.6 Å². The highest BCUT2D eigenvalue weighted by molar-refractivity contribution is 7.26. The molecule has 8 aromatic carbocycles. The van der Waals surface area contributed by atoms with Crippen molar-refractivity contribution in [2.24, 2.45) is 9.98 Å². The van der Waals surface area contributed by atoms with E-state index in [9.17, 15) is 0 Å². The van der Waals surface area contributed by atoms with Crippen molar-refractivity contribution in [2.45, 2.75) is 25.4 Å². The van der Waals surface area contributed by atoms with Gasteiger partial charge in [0.2, 0.25) is 5.96 Å². The van der Waals surface area contributed by atoms with E-state index >= 15 is 0 Å². The van der Waals surface area contributed by atoms with Gasteiger partial charge < -0.3 is 9.88 Å². The highest BCUT2D eigenvalue weighted by Crippen LogP contribution is 2.51. The molecule has 13 rings (SSSR count). The predicted octanol–water partition coefficient (Wildman–Crippen LogP) is 13.5. The van der Waals surface area contributed by atoms with Crippen LogP contribution < -0.4 is 5.32 Å². The third kappa shape index (κ3) is 4.68. The molecule has 2 aliphatic rings. The lowest BCUT2D eigenvalue weighted by Crippen LogP contribution is -2.37. The first-order valence-corrected chi connectivity index (χ1v) is 21.4. The number of nitrogens with zero attached hydrogens (tertiary/aromatic N) is 4. The molecule has 6 heteroatoms. The number of hydrogen-bond acceptors (Lipinski definition) is 4. The Morgan fingerprint density at radius 3 is 2.10 bits per heavy atom. The first-order valence-electron chi connectivity index (χ1n) is 20.6. The second-order valence-corrected chi connectivity index (χ2v) is 17.7. The van der Waals surface area contributed by atoms with Crippen LogP contribution in [-0.2, 0) is 5.41 Å². The molecule has 5 nitrogen and oxygen atoms in total. The Morgan fingerprint density at radius 2 is 1.23 bits per heavy atom. The van der Waals surface area contributed by atoms with Gasteiger partial charge in [-0.2, -0.15) is 4.99 Å². The average Bonchev–Trinajstić information content (AvgIpc) is 4.01. The largest absolute Gasteiger partial charge is 0.330 e. The summed E-state index contributed by atoms with van der Waals surface area (Å²) >= 11 is 1.87. The minimum Gasteiger partial charge on any atom is -0.330 e. The number of para-hydroxylation sites is 2. The zero-order valence-electron chi connectivity index (χ0n) is 33.0. The summed E-state index contributed by atoms with van der Waals surface area (Å²) in [5.74, 6) is 1.45. The van der Waals surface area contributed by atoms with Crippen LogP contribution in [0.1, 0.15) is 42.3 Å². The number of fused-ring (bicyclic) bond motifs is 13. The summed E-state index contributed by atoms with van der Waals surface area (Å²) in [6.07, 6.45) is -0.346. The van der Waals surface area contributed by atoms with Gasteiger partial charge in [-0.3, -0.25) is 4.57 Å². The van der Waals surface area contributed by atoms with E-state index in [0.717, 1.165) is 39.3 Å². The molecule has 0 bridgehead atoms. The normalized spacial score (nSPS) is 15.8. The van der Waals surface area contributed by atoms with E-state index in [-0.39, 0.29) is 11.6 Å². The number of rotatable bonds is 3. The molecule has 60 heavy (non-hydrogen) atoms. The highest BCUT2D eigenvalue weighted by atomic mass is 32.1. The molecule has 0 fully saturated rings. The third-order valence-electron chi connectivity index (χ3n) is 13.0. The van der Waals surface area contributed by atoms with E-state index in [1.54, 1.807) is 0 Å². The van der Waals surface area contributed by atoms with Crippen LogP contribution in [0, 0.1) is 0 Å². The summed E-state index contributed by atoms with van der Waals surface area (Å²) in [5, 5.41) is 11.2. The van der Waals surface area contributed by atoms with Crippen LogP contribution in [0.3, 0.4) is 0 Å². The van der Waals surface area contributed by atoms with Crippen LogP contribution in [0.5, 0.6) is 0 Å². The molecule has 4 heterocycles. The van der Waals surface area contributed by atoms with E-state index in [4.69, 9.17) is 9.98 Å². The topological polar surface area (TPSA) is 46.6 Å². The van der Waals surface area contributed by atoms with Gasteiger partial charge in [0.15, 0.2) is 5.84 Å². The Kier molecular flexibility index (Phi) is 6.94. The first-order chi connectivity index (χ1) is 29.5. The second-order valence-electron chi connectivity index (χ2n) is 16.6. The van der Waals surface area contributed by atoms with Crippen LogP contribution in [0.2, 0.25) is 0 Å². The van der Waals surface area contributed by atoms with Gasteiger partial charge >= 0.3 is 0 Å². The maximum absolute atomic E-state index is 5.47. The van der Waals surface area contributed by atoms with Gasteiger partial charge in [0.25, 0.3) is 0 Å². The van der Waals surface area contributed by atoms with Gasteiger partial charge in [0, 0.05) is 58.4 Å². The fraction of sp³-hybridized carbons (Fsp3) is 0.0741. The zero-order valence-corrected chi connectivity index (χ0v) is 33.8. The Balaban J connectivity index is 1.06. The van der Waals surface area contributed by atoms with Crippen LogP contribution >= 0.6 is 11.3 Å². The Hall–Kier alpha value is -7.28. The summed E-state index contributed by atoms with van der Waals surface area (Å²) in [7, 11) is 0. The maximum Gasteiger partial charge on any atom is 0.211 e. The molecule has 1 aliphatic carbocycles. The van der Waals surface area contributed by atoms with Crippen LogP contribution in [0.15, 0.2) is 186 Å². The van der Waals surface area contributed by atoms with Crippen molar-refractivity contribution in [3.8, 4) is 16.8 Å². The molecule has 1 unspecified atom stereocenters. The summed E-state index contributed by atoms with van der Waals surface area (Å²) in [5.41, 5.74) is 13.0. The fourth-order valence-corrected chi connectivity index (χ4v) is 11.4. The molecule has 0 saturated heterocycles. The Labute approximate surface area is 350 Å². The number of nitrogens with one attached hydrogen (secondary N) is 1. The van der Waals surface area contributed by atoms with Gasteiger partial charge in [0.05, 0.1) is 22.1 Å². The molecule has 0 radical (unpaired) electrons. The number of aromatic nitrogens is 2. The minimum atomic E-state index is -0.346. The summed E-state index contributed by atoms with van der Waals surface area (Å²) in [6, 6.07) is 63.8. The molecule has 1 N–H and O–H groups in total. The fourth-order valence-electron chi connectivity index (χ4n) is 10.2. The lowest BCUT2D eigenvalue weighted by molar-refractivity contribution is 0.661. The van der Waals surface area contributed by atoms with Gasteiger partial charge in [-0.25, -0.2) is 4.99 Å². The number of thiophene rings is 1. The Morgan fingerprint density at radius 1 is 0.533 bits per heavy atom. The van der Waals surface area contributed by atoms with Crippen molar-refractivity contribution >= 4 is 86.9 Å². The molecule has 1 atom stereocenters. The molecule has 0 spiro atoms. The standard InChI is InChI=1S/C54H37N5S/c1-54(2)42-22-12-9-19-35(42)39-30-41-40-29-33(25-27-45(40)58(47(41)31-43(39)54)34-17-7-4-8-18-34)52-55-51(32-15-5-3-6-16-32)56-53(57-52)59-44-23-13-10-21-38(44)49-46(59)28-26-37-36-20-11-14-24-48(36)60-50(37)49/h3-31,51H,1-2H3,(H,55,56,57). The minimum absolute atomic E-state index is 0.111. The van der Waals surface area contributed by atoms with E-state index in [1.807, 2.05) is 11.3 Å². The van der Waals surface area contributed by atoms with E-state index in [1.165, 1.54) is 69.5 Å². The van der Waals surface area contributed by atoms with Crippen molar-refractivity contribution in [2.75, 3.05) is 0 Å². The van der Waals surface area contributed by atoms with Gasteiger partial charge in [0.1, 0.15) is 6.17 Å². The second kappa shape index (κ2) is 12.4. The smallest absolute Gasteiger partial charge is 0.211 e. The van der Waals surface area contributed by atoms with E-state index in [0.29, 0.717) is 5.84 Å². The lowest BCUT2D eigenvalue weighted by atomic mass is 9.82. The Bertz CT molecular complexity index is 3660. The highest BCUT2D eigenvalue weighted by Gasteiger charge is 2.36. The zero-order chi connectivity index (χ0) is 39.7. The van der Waals surface area contributed by atoms with Crippen LogP contribution in [0.4, 0.5) is 0 Å². The van der Waals surface area contributed by atoms with Crippen LogP contribution in [-0.4, -0.2) is 20.9 Å². The monoisotopic (exact) mass is 787 g/mol. The number of aliphatic imine (C=N–C) groups is 2. The average molecular weight is 788 g/mol. The summed E-state index contributed by atoms with van der Waals surface area (Å²) in [4.78, 5) is 10.8. The van der Waals surface area contributed by atoms with Gasteiger partial charge in [-0.15, -0.1) is 11.3 Å². The predicted molar refractivity (Wildman–Crippen MR) is 252 cm³/mol.